The number of aliphatic hydroxyl groups excluding tert-OH is 1. The quantitative estimate of drug-likeness (QED) is 0.0788. The molecule has 2 aliphatic rings. The van der Waals surface area contributed by atoms with E-state index in [2.05, 4.69) is 37.0 Å². The Kier molecular flexibility index (Phi) is 10.6. The van der Waals surface area contributed by atoms with Crippen LogP contribution in [0.2, 0.25) is 0 Å². The number of hydrogen-bond acceptors (Lipinski definition) is 11. The molecule has 1 saturated carbocycles. The second kappa shape index (κ2) is 14.4. The van der Waals surface area contributed by atoms with Crippen LogP contribution in [0.4, 0.5) is 5.95 Å². The number of nitrogens with one attached hydrogen (secondary N) is 1. The summed E-state index contributed by atoms with van der Waals surface area (Å²) in [4.78, 5) is 15.8. The summed E-state index contributed by atoms with van der Waals surface area (Å²) in [7, 11) is -3.92. The predicted octanol–water partition coefficient (Wildman–Crippen LogP) is 5.74. The van der Waals surface area contributed by atoms with Gasteiger partial charge in [-0.25, -0.2) is 14.6 Å². The van der Waals surface area contributed by atoms with Gasteiger partial charge in [0, 0.05) is 11.0 Å². The number of imidazole rings is 1. The highest BCUT2D eigenvalue weighted by Crippen LogP contribution is 2.52. The van der Waals surface area contributed by atoms with Crippen LogP contribution in [-0.2, 0) is 18.3 Å². The number of fused-ring (bicyclic) bond motifs is 1. The molecule has 5 rings (SSSR count). The number of anilines is 1. The van der Waals surface area contributed by atoms with Crippen molar-refractivity contribution >= 4 is 24.9 Å². The van der Waals surface area contributed by atoms with Gasteiger partial charge >= 0.3 is 7.75 Å². The molecule has 16 heteroatoms. The first-order chi connectivity index (χ1) is 21.7. The minimum absolute atomic E-state index is 0.0314. The summed E-state index contributed by atoms with van der Waals surface area (Å²) in [5, 5.41) is 18.6. The third-order valence-corrected chi connectivity index (χ3v) is 10.0. The SMILES string of the molecule is CCCCC(OP(=O)(NC1CCCC1)OC[C@H]1O[C@@H](n2cnc3c(OCC)nc(N)nc32)[C@](C)(N=[N+]=[N-])[C@@H]1O)c1ccccc1. The zero-order chi connectivity index (χ0) is 32.0. The van der Waals surface area contributed by atoms with Crippen molar-refractivity contribution < 1.29 is 28.2 Å². The fourth-order valence-corrected chi connectivity index (χ4v) is 7.76. The Hall–Kier alpha value is -3.29. The molecule has 0 spiro atoms. The number of aliphatic hydroxyl groups is 1. The fraction of sp³-hybridized carbons (Fsp3) is 0.621. The molecule has 0 amide bonds. The Bertz CT molecular complexity index is 1530. The van der Waals surface area contributed by atoms with Crippen LogP contribution < -0.4 is 15.6 Å². The summed E-state index contributed by atoms with van der Waals surface area (Å²) in [5.74, 6) is 0.138. The standard InChI is InChI=1S/C29H42N9O6P/c1-4-6-16-21(19-12-8-7-9-13-19)44-45(40,35-20-14-10-11-15-20)42-17-22-24(39)29(3,36-37-31)27(43-22)38-18-32-23-25(38)33-28(30)34-26(23)41-5-2/h7-9,12-13,18,20-22,24,27,39H,4-6,10-11,14-17H2,1-3H3,(H,35,40)(H2,30,33,34)/t21?,22-,24-,27-,29-,45?/m1/s1. The van der Waals surface area contributed by atoms with Gasteiger partial charge in [0.2, 0.25) is 11.8 Å². The maximum absolute atomic E-state index is 14.5. The van der Waals surface area contributed by atoms with Gasteiger partial charge in [-0.15, -0.1) is 0 Å². The molecule has 4 N–H and O–H groups in total. The second-order valence-electron chi connectivity index (χ2n) is 11.6. The van der Waals surface area contributed by atoms with E-state index in [4.69, 9.17) is 24.3 Å². The maximum Gasteiger partial charge on any atom is 0.406 e. The number of nitrogens with zero attached hydrogens (tertiary/aromatic N) is 7. The summed E-state index contributed by atoms with van der Waals surface area (Å²) in [6.07, 6.45) is 3.69. The number of unbranched alkanes of at least 4 members (excludes halogenated alkanes) is 1. The van der Waals surface area contributed by atoms with Crippen molar-refractivity contribution in [1.29, 1.82) is 0 Å². The van der Waals surface area contributed by atoms with E-state index in [1.165, 1.54) is 10.9 Å². The van der Waals surface area contributed by atoms with Crippen LogP contribution >= 0.6 is 7.75 Å². The van der Waals surface area contributed by atoms with Gasteiger partial charge in [0.05, 0.1) is 31.7 Å². The largest absolute Gasteiger partial charge is 0.476 e. The van der Waals surface area contributed by atoms with Crippen molar-refractivity contribution in [3.05, 3.63) is 52.7 Å². The summed E-state index contributed by atoms with van der Waals surface area (Å²) in [5.41, 5.74) is 15.4. The Labute approximate surface area is 262 Å². The molecule has 244 valence electrons. The summed E-state index contributed by atoms with van der Waals surface area (Å²) < 4.78 is 40.3. The molecule has 2 unspecified atom stereocenters. The highest BCUT2D eigenvalue weighted by molar-refractivity contribution is 7.51. The number of nitrogen functional groups attached to an aromatic ring is 1. The van der Waals surface area contributed by atoms with Gasteiger partial charge in [0.25, 0.3) is 0 Å². The van der Waals surface area contributed by atoms with E-state index in [-0.39, 0.29) is 30.1 Å². The molecule has 1 aromatic carbocycles. The number of rotatable bonds is 15. The molecule has 1 aliphatic heterocycles. The smallest absolute Gasteiger partial charge is 0.406 e. The van der Waals surface area contributed by atoms with E-state index in [0.29, 0.717) is 18.5 Å². The highest BCUT2D eigenvalue weighted by Gasteiger charge is 2.55. The van der Waals surface area contributed by atoms with Crippen LogP contribution in [0.5, 0.6) is 5.88 Å². The Balaban J connectivity index is 1.42. The van der Waals surface area contributed by atoms with Crippen LogP contribution in [-0.4, -0.2) is 61.6 Å². The van der Waals surface area contributed by atoms with Gasteiger partial charge in [-0.3, -0.25) is 13.6 Å². The molecule has 1 saturated heterocycles. The Morgan fingerprint density at radius 3 is 2.73 bits per heavy atom. The van der Waals surface area contributed by atoms with Crippen molar-refractivity contribution in [1.82, 2.24) is 24.6 Å². The summed E-state index contributed by atoms with van der Waals surface area (Å²) in [6.45, 7) is 5.47. The zero-order valence-corrected chi connectivity index (χ0v) is 26.8. The van der Waals surface area contributed by atoms with Gasteiger partial charge in [-0.05, 0) is 44.2 Å². The lowest BCUT2D eigenvalue weighted by Crippen LogP contribution is -2.42. The Morgan fingerprint density at radius 2 is 2.04 bits per heavy atom. The zero-order valence-electron chi connectivity index (χ0n) is 25.9. The normalized spacial score (nSPS) is 25.6. The molecular weight excluding hydrogens is 601 g/mol. The van der Waals surface area contributed by atoms with E-state index >= 15 is 0 Å². The summed E-state index contributed by atoms with van der Waals surface area (Å²) >= 11 is 0. The van der Waals surface area contributed by atoms with E-state index in [0.717, 1.165) is 44.1 Å². The minimum atomic E-state index is -3.92. The van der Waals surface area contributed by atoms with Gasteiger partial charge < -0.3 is 20.3 Å². The molecule has 3 aromatic rings. The topological polar surface area (TPSA) is 205 Å². The minimum Gasteiger partial charge on any atom is -0.476 e. The molecule has 45 heavy (non-hydrogen) atoms. The number of hydrogen-bond donors (Lipinski definition) is 3. The predicted molar refractivity (Wildman–Crippen MR) is 167 cm³/mol. The van der Waals surface area contributed by atoms with Crippen molar-refractivity contribution in [3.63, 3.8) is 0 Å². The fourth-order valence-electron chi connectivity index (χ4n) is 5.95. The van der Waals surface area contributed by atoms with Gasteiger partial charge in [-0.1, -0.05) is 68.1 Å². The molecule has 2 fully saturated rings. The Morgan fingerprint density at radius 1 is 1.29 bits per heavy atom. The first-order valence-corrected chi connectivity index (χ1v) is 17.0. The first kappa shape index (κ1) is 33.1. The number of benzene rings is 1. The van der Waals surface area contributed by atoms with Crippen molar-refractivity contribution in [2.75, 3.05) is 18.9 Å². The molecule has 0 radical (unpaired) electrons. The highest BCUT2D eigenvalue weighted by atomic mass is 31.2. The van der Waals surface area contributed by atoms with Gasteiger partial charge in [-0.2, -0.15) is 9.97 Å². The third-order valence-electron chi connectivity index (χ3n) is 8.32. The van der Waals surface area contributed by atoms with Crippen LogP contribution in [0.15, 0.2) is 41.8 Å². The molecule has 3 heterocycles. The molecule has 2 aromatic heterocycles. The van der Waals surface area contributed by atoms with Crippen LogP contribution in [0.1, 0.15) is 83.6 Å². The van der Waals surface area contributed by atoms with Gasteiger partial charge in [0.1, 0.15) is 11.6 Å². The number of ether oxygens (including phenoxy) is 2. The maximum atomic E-state index is 14.5. The number of nitrogens with two attached hydrogens (primary N) is 1. The number of aromatic nitrogens is 4. The monoisotopic (exact) mass is 643 g/mol. The molecule has 0 bridgehead atoms. The van der Waals surface area contributed by atoms with Crippen LogP contribution in [0.25, 0.3) is 21.6 Å². The lowest BCUT2D eigenvalue weighted by atomic mass is 9.93. The first-order valence-electron chi connectivity index (χ1n) is 15.5. The van der Waals surface area contributed by atoms with Crippen LogP contribution in [0.3, 0.4) is 0 Å². The van der Waals surface area contributed by atoms with Gasteiger partial charge in [0.15, 0.2) is 17.4 Å². The second-order valence-corrected chi connectivity index (χ2v) is 13.3. The molecule has 6 atom stereocenters. The lowest BCUT2D eigenvalue weighted by molar-refractivity contribution is -0.0448. The van der Waals surface area contributed by atoms with E-state index < -0.39 is 37.8 Å². The van der Waals surface area contributed by atoms with Crippen molar-refractivity contribution in [2.24, 2.45) is 5.11 Å². The van der Waals surface area contributed by atoms with E-state index in [1.54, 1.807) is 13.8 Å². The van der Waals surface area contributed by atoms with E-state index in [1.807, 2.05) is 30.3 Å². The number of azide groups is 1. The molecular formula is C29H42N9O6P. The average Bonchev–Trinajstić information content (AvgIpc) is 3.74. The van der Waals surface area contributed by atoms with Crippen LogP contribution in [0, 0.1) is 0 Å². The molecule has 15 nitrogen and oxygen atoms in total. The lowest BCUT2D eigenvalue weighted by Gasteiger charge is -2.29. The van der Waals surface area contributed by atoms with E-state index in [9.17, 15) is 15.2 Å². The summed E-state index contributed by atoms with van der Waals surface area (Å²) in [6, 6.07) is 9.62. The molecule has 1 aliphatic carbocycles. The van der Waals surface area contributed by atoms with Crippen molar-refractivity contribution in [3.8, 4) is 5.88 Å². The van der Waals surface area contributed by atoms with Crippen molar-refractivity contribution in [2.45, 2.75) is 102 Å². The third kappa shape index (κ3) is 7.25. The average molecular weight is 644 g/mol.